The summed E-state index contributed by atoms with van der Waals surface area (Å²) in [4.78, 5) is 11.7. The first kappa shape index (κ1) is 10.8. The Bertz CT molecular complexity index is 437. The number of carbonyl (C=O) groups is 1. The maximum absolute atomic E-state index is 11.7. The van der Waals surface area contributed by atoms with Crippen molar-refractivity contribution in [3.8, 4) is 5.75 Å². The van der Waals surface area contributed by atoms with Gasteiger partial charge in [0.25, 0.3) is 0 Å². The summed E-state index contributed by atoms with van der Waals surface area (Å²) >= 11 is 0. The Morgan fingerprint density at radius 2 is 2.12 bits per heavy atom. The summed E-state index contributed by atoms with van der Waals surface area (Å²) in [6.45, 7) is 0.799. The lowest BCUT2D eigenvalue weighted by atomic mass is 9.89. The van der Waals surface area contributed by atoms with Gasteiger partial charge in [0.05, 0.1) is 6.61 Å². The number of para-hydroxylation sites is 1. The monoisotopic (exact) mass is 230 g/mol. The highest BCUT2D eigenvalue weighted by Gasteiger charge is 2.25. The smallest absolute Gasteiger partial charge is 0.133 e. The minimum Gasteiger partial charge on any atom is -0.493 e. The second-order valence-corrected chi connectivity index (χ2v) is 5.12. The van der Waals surface area contributed by atoms with E-state index in [1.165, 1.54) is 17.5 Å². The Kier molecular flexibility index (Phi) is 2.87. The minimum absolute atomic E-state index is 0.387. The molecule has 1 aliphatic carbocycles. The van der Waals surface area contributed by atoms with E-state index in [0.29, 0.717) is 18.1 Å². The van der Waals surface area contributed by atoms with Gasteiger partial charge in [-0.05, 0) is 29.9 Å². The van der Waals surface area contributed by atoms with Crippen LogP contribution >= 0.6 is 0 Å². The second kappa shape index (κ2) is 4.52. The lowest BCUT2D eigenvalue weighted by Crippen LogP contribution is -2.05. The number of ether oxygens (including phenoxy) is 1. The fourth-order valence-electron chi connectivity index (χ4n) is 3.02. The molecule has 1 unspecified atom stereocenters. The summed E-state index contributed by atoms with van der Waals surface area (Å²) in [5, 5.41) is 0. The molecule has 0 saturated heterocycles. The quantitative estimate of drug-likeness (QED) is 0.692. The molecule has 1 aromatic rings. The molecular weight excluding hydrogens is 212 g/mol. The molecule has 1 saturated carbocycles. The number of fused-ring (bicyclic) bond motifs is 1. The van der Waals surface area contributed by atoms with E-state index < -0.39 is 0 Å². The molecule has 1 aromatic carbocycles. The summed E-state index contributed by atoms with van der Waals surface area (Å²) in [6, 6.07) is 6.40. The third kappa shape index (κ3) is 2.08. The van der Waals surface area contributed by atoms with Gasteiger partial charge in [0, 0.05) is 19.3 Å². The third-order valence-corrected chi connectivity index (χ3v) is 3.92. The molecule has 0 aromatic heterocycles. The standard InChI is InChI=1S/C15H18O2/c16-13-6-2-1-4-12(10-13)14-7-3-5-11-8-9-17-15(11)14/h3,5,7,12H,1-2,4,6,8-10H2. The lowest BCUT2D eigenvalue weighted by molar-refractivity contribution is -0.119. The van der Waals surface area contributed by atoms with Crippen LogP contribution in [0.3, 0.4) is 0 Å². The predicted octanol–water partition coefficient (Wildman–Crippen LogP) is 3.24. The first-order valence-electron chi connectivity index (χ1n) is 6.61. The van der Waals surface area contributed by atoms with E-state index in [9.17, 15) is 4.79 Å². The van der Waals surface area contributed by atoms with Crippen LogP contribution in [0.25, 0.3) is 0 Å². The van der Waals surface area contributed by atoms with E-state index in [0.717, 1.165) is 38.0 Å². The number of carbonyl (C=O) groups excluding carboxylic acids is 1. The zero-order valence-corrected chi connectivity index (χ0v) is 10.1. The highest BCUT2D eigenvalue weighted by atomic mass is 16.5. The van der Waals surface area contributed by atoms with Crippen LogP contribution in [-0.2, 0) is 11.2 Å². The van der Waals surface area contributed by atoms with E-state index in [-0.39, 0.29) is 0 Å². The number of hydrogen-bond donors (Lipinski definition) is 0. The van der Waals surface area contributed by atoms with Gasteiger partial charge < -0.3 is 4.74 Å². The van der Waals surface area contributed by atoms with Crippen molar-refractivity contribution in [3.63, 3.8) is 0 Å². The van der Waals surface area contributed by atoms with Crippen molar-refractivity contribution in [1.82, 2.24) is 0 Å². The maximum Gasteiger partial charge on any atom is 0.133 e. The molecule has 1 fully saturated rings. The van der Waals surface area contributed by atoms with Gasteiger partial charge in [-0.25, -0.2) is 0 Å². The van der Waals surface area contributed by atoms with Crippen LogP contribution in [0.2, 0.25) is 0 Å². The van der Waals surface area contributed by atoms with Crippen LogP contribution in [0.4, 0.5) is 0 Å². The van der Waals surface area contributed by atoms with Crippen LogP contribution < -0.4 is 4.74 Å². The van der Waals surface area contributed by atoms with Gasteiger partial charge >= 0.3 is 0 Å². The Labute approximate surface area is 102 Å². The molecule has 0 amide bonds. The fourth-order valence-corrected chi connectivity index (χ4v) is 3.02. The van der Waals surface area contributed by atoms with Crippen molar-refractivity contribution >= 4 is 5.78 Å². The topological polar surface area (TPSA) is 26.3 Å². The van der Waals surface area contributed by atoms with Gasteiger partial charge in [0.15, 0.2) is 0 Å². The Morgan fingerprint density at radius 1 is 1.18 bits per heavy atom. The average molecular weight is 230 g/mol. The number of benzene rings is 1. The van der Waals surface area contributed by atoms with Gasteiger partial charge in [-0.3, -0.25) is 4.79 Å². The number of rotatable bonds is 1. The van der Waals surface area contributed by atoms with Gasteiger partial charge in [-0.15, -0.1) is 0 Å². The average Bonchev–Trinajstić information content (AvgIpc) is 2.71. The molecule has 0 radical (unpaired) electrons. The molecule has 2 heteroatoms. The van der Waals surface area contributed by atoms with Crippen molar-refractivity contribution < 1.29 is 9.53 Å². The Morgan fingerprint density at radius 3 is 3.06 bits per heavy atom. The third-order valence-electron chi connectivity index (χ3n) is 3.92. The van der Waals surface area contributed by atoms with Crippen LogP contribution in [0.1, 0.15) is 49.1 Å². The lowest BCUT2D eigenvalue weighted by Gasteiger charge is -2.17. The largest absolute Gasteiger partial charge is 0.493 e. The molecule has 1 aliphatic heterocycles. The summed E-state index contributed by atoms with van der Waals surface area (Å²) in [6.07, 6.45) is 5.85. The molecule has 0 N–H and O–H groups in total. The van der Waals surface area contributed by atoms with Gasteiger partial charge in [-0.2, -0.15) is 0 Å². The molecule has 2 nitrogen and oxygen atoms in total. The van der Waals surface area contributed by atoms with Crippen molar-refractivity contribution in [2.24, 2.45) is 0 Å². The van der Waals surface area contributed by atoms with E-state index in [2.05, 4.69) is 18.2 Å². The van der Waals surface area contributed by atoms with Crippen LogP contribution in [0, 0.1) is 0 Å². The molecule has 3 rings (SSSR count). The van der Waals surface area contributed by atoms with Crippen molar-refractivity contribution in [1.29, 1.82) is 0 Å². The zero-order chi connectivity index (χ0) is 11.7. The molecular formula is C15H18O2. The first-order chi connectivity index (χ1) is 8.34. The predicted molar refractivity (Wildman–Crippen MR) is 66.5 cm³/mol. The molecule has 1 heterocycles. The van der Waals surface area contributed by atoms with E-state index in [4.69, 9.17) is 4.74 Å². The van der Waals surface area contributed by atoms with Gasteiger partial charge in [0.2, 0.25) is 0 Å². The molecule has 0 bridgehead atoms. The van der Waals surface area contributed by atoms with Crippen molar-refractivity contribution in [3.05, 3.63) is 29.3 Å². The summed E-state index contributed by atoms with van der Waals surface area (Å²) in [7, 11) is 0. The van der Waals surface area contributed by atoms with E-state index in [1.807, 2.05) is 0 Å². The summed E-state index contributed by atoms with van der Waals surface area (Å²) < 4.78 is 5.75. The summed E-state index contributed by atoms with van der Waals surface area (Å²) in [5.74, 6) is 1.88. The van der Waals surface area contributed by atoms with Gasteiger partial charge in [-0.1, -0.05) is 24.6 Å². The number of ketones is 1. The number of Topliss-reactive ketones (excluding diaryl/α,β-unsaturated/α-hetero) is 1. The zero-order valence-electron chi connectivity index (χ0n) is 10.1. The Balaban J connectivity index is 1.92. The summed E-state index contributed by atoms with van der Waals surface area (Å²) in [5.41, 5.74) is 2.59. The van der Waals surface area contributed by atoms with Crippen molar-refractivity contribution in [2.75, 3.05) is 6.61 Å². The van der Waals surface area contributed by atoms with Crippen molar-refractivity contribution in [2.45, 2.75) is 44.4 Å². The highest BCUT2D eigenvalue weighted by Crippen LogP contribution is 2.39. The number of hydrogen-bond acceptors (Lipinski definition) is 2. The molecule has 2 aliphatic rings. The van der Waals surface area contributed by atoms with Gasteiger partial charge in [0.1, 0.15) is 11.5 Å². The van der Waals surface area contributed by atoms with E-state index in [1.54, 1.807) is 0 Å². The highest BCUT2D eigenvalue weighted by molar-refractivity contribution is 5.79. The minimum atomic E-state index is 0.387. The maximum atomic E-state index is 11.7. The molecule has 17 heavy (non-hydrogen) atoms. The Hall–Kier alpha value is -1.31. The normalized spacial score (nSPS) is 24.0. The van der Waals surface area contributed by atoms with Crippen LogP contribution in [0.15, 0.2) is 18.2 Å². The molecule has 1 atom stereocenters. The molecule has 0 spiro atoms. The van der Waals surface area contributed by atoms with Crippen LogP contribution in [-0.4, -0.2) is 12.4 Å². The fraction of sp³-hybridized carbons (Fsp3) is 0.533. The van der Waals surface area contributed by atoms with Crippen LogP contribution in [0.5, 0.6) is 5.75 Å². The second-order valence-electron chi connectivity index (χ2n) is 5.12. The first-order valence-corrected chi connectivity index (χ1v) is 6.61. The molecule has 90 valence electrons. The SMILES string of the molecule is O=C1CCCCC(c2cccc3c2OCC3)C1. The van der Waals surface area contributed by atoms with E-state index >= 15 is 0 Å².